The van der Waals surface area contributed by atoms with Crippen LogP contribution in [0.5, 0.6) is 0 Å². The molecule has 1 N–H and O–H groups in total. The Morgan fingerprint density at radius 2 is 1.88 bits per heavy atom. The topological polar surface area (TPSA) is 72.5 Å². The summed E-state index contributed by atoms with van der Waals surface area (Å²) in [4.78, 5) is 34.3. The molecule has 0 aromatic carbocycles. The summed E-state index contributed by atoms with van der Waals surface area (Å²) in [5.74, 6) is -1.47. The van der Waals surface area contributed by atoms with Crippen LogP contribution < -0.4 is 5.32 Å². The first-order chi connectivity index (χ1) is 7.88. The van der Waals surface area contributed by atoms with Gasteiger partial charge in [0.05, 0.1) is 7.11 Å². The fourth-order valence-corrected chi connectivity index (χ4v) is 1.64. The number of esters is 1. The second-order valence-corrected chi connectivity index (χ2v) is 4.08. The van der Waals surface area contributed by atoms with Crippen LogP contribution in [0.25, 0.3) is 0 Å². The molecule has 0 unspecified atom stereocenters. The first-order valence-electron chi connectivity index (χ1n) is 5.25. The molecule has 0 saturated heterocycles. The second kappa shape index (κ2) is 4.95. The Kier molecular flexibility index (Phi) is 3.83. The molecule has 0 saturated carbocycles. The predicted octanol–water partition coefficient (Wildman–Crippen LogP) is 0.715. The third-order valence-corrected chi connectivity index (χ3v) is 2.45. The highest BCUT2D eigenvalue weighted by atomic mass is 16.5. The molecule has 2 amide bonds. The maximum atomic E-state index is 11.6. The Balaban J connectivity index is 3.21. The molecule has 0 aromatic rings. The third kappa shape index (κ3) is 2.61. The Hall–Kier alpha value is -1.91. The van der Waals surface area contributed by atoms with Gasteiger partial charge in [-0.15, -0.1) is 0 Å². The summed E-state index contributed by atoms with van der Waals surface area (Å²) in [7, 11) is 1.26. The normalized spacial score (nSPS) is 16.6. The lowest BCUT2D eigenvalue weighted by Crippen LogP contribution is -2.23. The third-order valence-electron chi connectivity index (χ3n) is 2.45. The molecule has 1 heterocycles. The molecule has 92 valence electrons. The summed E-state index contributed by atoms with van der Waals surface area (Å²) in [5.41, 5.74) is 0.927. The zero-order chi connectivity index (χ0) is 13.2. The molecule has 0 radical (unpaired) electrons. The van der Waals surface area contributed by atoms with Crippen molar-refractivity contribution in [3.8, 4) is 0 Å². The van der Waals surface area contributed by atoms with E-state index in [1.807, 2.05) is 13.8 Å². The van der Waals surface area contributed by atoms with Crippen LogP contribution in [-0.4, -0.2) is 24.9 Å². The van der Waals surface area contributed by atoms with Crippen LogP contribution in [0.4, 0.5) is 0 Å². The number of hydrogen-bond donors (Lipinski definition) is 1. The van der Waals surface area contributed by atoms with E-state index in [9.17, 15) is 14.4 Å². The van der Waals surface area contributed by atoms with E-state index < -0.39 is 17.8 Å². The van der Waals surface area contributed by atoms with E-state index in [-0.39, 0.29) is 17.1 Å². The van der Waals surface area contributed by atoms with E-state index in [1.54, 1.807) is 0 Å². The summed E-state index contributed by atoms with van der Waals surface area (Å²) < 4.78 is 4.53. The van der Waals surface area contributed by atoms with Gasteiger partial charge in [0.25, 0.3) is 11.8 Å². The molecule has 0 fully saturated rings. The van der Waals surface area contributed by atoms with Crippen LogP contribution >= 0.6 is 0 Å². The molecule has 5 nitrogen and oxygen atoms in total. The van der Waals surface area contributed by atoms with Gasteiger partial charge in [0.15, 0.2) is 0 Å². The summed E-state index contributed by atoms with van der Waals surface area (Å²) in [6, 6.07) is 0. The van der Waals surface area contributed by atoms with Gasteiger partial charge in [-0.25, -0.2) is 4.79 Å². The highest BCUT2D eigenvalue weighted by Gasteiger charge is 2.30. The molecule has 17 heavy (non-hydrogen) atoms. The van der Waals surface area contributed by atoms with Crippen molar-refractivity contribution < 1.29 is 19.1 Å². The van der Waals surface area contributed by atoms with Crippen molar-refractivity contribution in [2.75, 3.05) is 7.11 Å². The molecule has 1 rings (SSSR count). The molecular weight excluding hydrogens is 222 g/mol. The van der Waals surface area contributed by atoms with Gasteiger partial charge in [-0.2, -0.15) is 0 Å². The Morgan fingerprint density at radius 3 is 2.35 bits per heavy atom. The lowest BCUT2D eigenvalue weighted by molar-refractivity contribution is -0.136. The lowest BCUT2D eigenvalue weighted by Gasteiger charge is -2.04. The van der Waals surface area contributed by atoms with E-state index >= 15 is 0 Å². The van der Waals surface area contributed by atoms with Crippen molar-refractivity contribution in [3.63, 3.8) is 0 Å². The number of imide groups is 1. The number of carbonyl (C=O) groups excluding carboxylic acids is 3. The smallest absolute Gasteiger partial charge is 0.333 e. The van der Waals surface area contributed by atoms with Crippen LogP contribution in [0, 0.1) is 5.92 Å². The number of ether oxygens (including phenoxy) is 1. The predicted molar refractivity (Wildman–Crippen MR) is 60.8 cm³/mol. The molecular formula is C12H15NO4. The molecule has 0 aliphatic carbocycles. The molecule has 1 aliphatic rings. The lowest BCUT2D eigenvalue weighted by atomic mass is 9.98. The first-order valence-corrected chi connectivity index (χ1v) is 5.25. The molecule has 0 bridgehead atoms. The van der Waals surface area contributed by atoms with E-state index in [0.717, 1.165) is 0 Å². The van der Waals surface area contributed by atoms with E-state index in [2.05, 4.69) is 10.1 Å². The van der Waals surface area contributed by atoms with Gasteiger partial charge in [-0.3, -0.25) is 14.9 Å². The summed E-state index contributed by atoms with van der Waals surface area (Å²) >= 11 is 0. The highest BCUT2D eigenvalue weighted by Crippen LogP contribution is 2.22. The van der Waals surface area contributed by atoms with Crippen molar-refractivity contribution in [2.45, 2.75) is 20.8 Å². The molecule has 0 atom stereocenters. The summed E-state index contributed by atoms with van der Waals surface area (Å²) in [5, 5.41) is 2.21. The Bertz CT molecular complexity index is 443. The van der Waals surface area contributed by atoms with Crippen molar-refractivity contribution in [3.05, 3.63) is 22.8 Å². The molecule has 5 heteroatoms. The van der Waals surface area contributed by atoms with Gasteiger partial charge in [-0.1, -0.05) is 13.8 Å². The number of nitrogens with one attached hydrogen (secondary N) is 1. The van der Waals surface area contributed by atoms with E-state index in [0.29, 0.717) is 5.57 Å². The zero-order valence-electron chi connectivity index (χ0n) is 10.3. The van der Waals surface area contributed by atoms with Crippen molar-refractivity contribution in [1.82, 2.24) is 5.32 Å². The number of carbonyl (C=O) groups is 3. The van der Waals surface area contributed by atoms with Gasteiger partial charge in [0.2, 0.25) is 0 Å². The van der Waals surface area contributed by atoms with Gasteiger partial charge < -0.3 is 4.74 Å². The molecule has 0 aromatic heterocycles. The molecule has 0 spiro atoms. The zero-order valence-corrected chi connectivity index (χ0v) is 10.3. The standard InChI is InChI=1S/C12H15NO4/c1-6(2)9-8(10(14)13-11(9)15)5-7(3)12(16)17-4/h5-6H,1-4H3,(H,13,14,15)/b7-5+. The second-order valence-electron chi connectivity index (χ2n) is 4.08. The first kappa shape index (κ1) is 13.2. The minimum atomic E-state index is -0.521. The van der Waals surface area contributed by atoms with Crippen LogP contribution in [0.2, 0.25) is 0 Å². The Morgan fingerprint density at radius 1 is 1.29 bits per heavy atom. The maximum Gasteiger partial charge on any atom is 0.333 e. The summed E-state index contributed by atoms with van der Waals surface area (Å²) in [6.45, 7) is 5.16. The minimum Gasteiger partial charge on any atom is -0.466 e. The van der Waals surface area contributed by atoms with E-state index in [1.165, 1.54) is 20.1 Å². The average Bonchev–Trinajstić information content (AvgIpc) is 2.52. The van der Waals surface area contributed by atoms with Crippen LogP contribution in [-0.2, 0) is 19.1 Å². The number of rotatable bonds is 3. The van der Waals surface area contributed by atoms with Gasteiger partial charge >= 0.3 is 5.97 Å². The highest BCUT2D eigenvalue weighted by molar-refractivity contribution is 6.21. The fourth-order valence-electron chi connectivity index (χ4n) is 1.64. The van der Waals surface area contributed by atoms with E-state index in [4.69, 9.17) is 0 Å². The van der Waals surface area contributed by atoms with Crippen LogP contribution in [0.15, 0.2) is 22.8 Å². The SMILES string of the molecule is COC(=O)/C(C)=C/C1=C(C(C)C)C(=O)NC1=O. The number of amides is 2. The van der Waals surface area contributed by atoms with Crippen LogP contribution in [0.1, 0.15) is 20.8 Å². The maximum absolute atomic E-state index is 11.6. The van der Waals surface area contributed by atoms with Gasteiger partial charge in [0.1, 0.15) is 0 Å². The van der Waals surface area contributed by atoms with Gasteiger partial charge in [0, 0.05) is 16.7 Å². The number of hydrogen-bond acceptors (Lipinski definition) is 4. The van der Waals surface area contributed by atoms with Crippen molar-refractivity contribution >= 4 is 17.8 Å². The van der Waals surface area contributed by atoms with Crippen molar-refractivity contribution in [1.29, 1.82) is 0 Å². The monoisotopic (exact) mass is 237 g/mol. The Labute approximate surface area is 99.5 Å². The minimum absolute atomic E-state index is 0.0850. The fraction of sp³-hybridized carbons (Fsp3) is 0.417. The molecule has 1 aliphatic heterocycles. The largest absolute Gasteiger partial charge is 0.466 e. The van der Waals surface area contributed by atoms with Crippen molar-refractivity contribution in [2.24, 2.45) is 5.92 Å². The summed E-state index contributed by atoms with van der Waals surface area (Å²) in [6.07, 6.45) is 1.39. The van der Waals surface area contributed by atoms with Gasteiger partial charge in [-0.05, 0) is 18.9 Å². The van der Waals surface area contributed by atoms with Crippen LogP contribution in [0.3, 0.4) is 0 Å². The quantitative estimate of drug-likeness (QED) is 0.446. The number of methoxy groups -OCH3 is 1. The average molecular weight is 237 g/mol.